The molecule has 0 aromatic heterocycles. The monoisotopic (exact) mass is 240 g/mol. The molecule has 2 atom stereocenters. The normalized spacial score (nSPS) is 15.1. The molecule has 0 N–H and O–H groups in total. The van der Waals surface area contributed by atoms with Gasteiger partial charge in [-0.25, -0.2) is 0 Å². The third-order valence-electron chi connectivity index (χ3n) is 3.43. The van der Waals surface area contributed by atoms with Crippen LogP contribution in [0.5, 0.6) is 0 Å². The van der Waals surface area contributed by atoms with Gasteiger partial charge in [0.1, 0.15) is 0 Å². The molecule has 2 nitrogen and oxygen atoms in total. The highest BCUT2D eigenvalue weighted by Crippen LogP contribution is 2.28. The minimum Gasteiger partial charge on any atom is -0.462 e. The number of allylic oxidation sites excluding steroid dienone is 1. The molecule has 17 heavy (non-hydrogen) atoms. The molecule has 2 unspecified atom stereocenters. The van der Waals surface area contributed by atoms with Crippen molar-refractivity contribution in [1.29, 1.82) is 0 Å². The SMILES string of the molecule is C=CC(CC)CCC(C)(C)C(=O)OC(C)CC. The van der Waals surface area contributed by atoms with Gasteiger partial charge >= 0.3 is 5.97 Å². The summed E-state index contributed by atoms with van der Waals surface area (Å²) in [6.07, 6.45) is 5.81. The Hall–Kier alpha value is -0.790. The fraction of sp³-hybridized carbons (Fsp3) is 0.800. The Kier molecular flexibility index (Phi) is 7.17. The lowest BCUT2D eigenvalue weighted by molar-refractivity contribution is -0.159. The molecule has 0 fully saturated rings. The first-order valence-corrected chi connectivity index (χ1v) is 6.71. The maximum absolute atomic E-state index is 12.0. The maximum Gasteiger partial charge on any atom is 0.311 e. The van der Waals surface area contributed by atoms with Gasteiger partial charge in [0, 0.05) is 0 Å². The molecule has 100 valence electrons. The Morgan fingerprint density at radius 2 is 1.94 bits per heavy atom. The zero-order valence-corrected chi connectivity index (χ0v) is 12.1. The maximum atomic E-state index is 12.0. The van der Waals surface area contributed by atoms with Crippen molar-refractivity contribution >= 4 is 5.97 Å². The first-order valence-electron chi connectivity index (χ1n) is 6.71. The van der Waals surface area contributed by atoms with Crippen LogP contribution in [0.25, 0.3) is 0 Å². The molecule has 0 aromatic carbocycles. The Bertz CT molecular complexity index is 243. The van der Waals surface area contributed by atoms with Gasteiger partial charge in [-0.3, -0.25) is 4.79 Å². The van der Waals surface area contributed by atoms with E-state index in [2.05, 4.69) is 13.5 Å². The van der Waals surface area contributed by atoms with Crippen molar-refractivity contribution in [1.82, 2.24) is 0 Å². The van der Waals surface area contributed by atoms with E-state index in [-0.39, 0.29) is 17.5 Å². The lowest BCUT2D eigenvalue weighted by atomic mass is 9.84. The molecule has 0 amide bonds. The van der Waals surface area contributed by atoms with Crippen molar-refractivity contribution in [3.8, 4) is 0 Å². The zero-order chi connectivity index (χ0) is 13.5. The molecule has 2 heteroatoms. The third-order valence-corrected chi connectivity index (χ3v) is 3.43. The smallest absolute Gasteiger partial charge is 0.311 e. The van der Waals surface area contributed by atoms with E-state index in [1.54, 1.807) is 0 Å². The summed E-state index contributed by atoms with van der Waals surface area (Å²) < 4.78 is 5.40. The van der Waals surface area contributed by atoms with Crippen LogP contribution in [-0.2, 0) is 9.53 Å². The summed E-state index contributed by atoms with van der Waals surface area (Å²) >= 11 is 0. The Labute approximate surface area is 106 Å². The van der Waals surface area contributed by atoms with E-state index in [0.29, 0.717) is 5.92 Å². The fourth-order valence-electron chi connectivity index (χ4n) is 1.56. The lowest BCUT2D eigenvalue weighted by Gasteiger charge is -2.25. The summed E-state index contributed by atoms with van der Waals surface area (Å²) in [7, 11) is 0. The van der Waals surface area contributed by atoms with Crippen molar-refractivity contribution < 1.29 is 9.53 Å². The fourth-order valence-corrected chi connectivity index (χ4v) is 1.56. The van der Waals surface area contributed by atoms with E-state index >= 15 is 0 Å². The first-order chi connectivity index (χ1) is 7.87. The minimum atomic E-state index is -0.389. The number of carbonyl (C=O) groups is 1. The topological polar surface area (TPSA) is 26.3 Å². The number of carbonyl (C=O) groups excluding carboxylic acids is 1. The summed E-state index contributed by atoms with van der Waals surface area (Å²) in [6.45, 7) is 13.9. The van der Waals surface area contributed by atoms with Gasteiger partial charge < -0.3 is 4.74 Å². The summed E-state index contributed by atoms with van der Waals surface area (Å²) in [4.78, 5) is 12.0. The third kappa shape index (κ3) is 5.90. The van der Waals surface area contributed by atoms with Crippen molar-refractivity contribution in [3.05, 3.63) is 12.7 Å². The molecule has 0 aliphatic rings. The Morgan fingerprint density at radius 3 is 2.35 bits per heavy atom. The van der Waals surface area contributed by atoms with E-state index in [9.17, 15) is 4.79 Å². The predicted molar refractivity (Wildman–Crippen MR) is 72.8 cm³/mol. The van der Waals surface area contributed by atoms with Crippen LogP contribution >= 0.6 is 0 Å². The average Bonchev–Trinajstić information content (AvgIpc) is 2.29. The standard InChI is InChI=1S/C15H28O2/c1-7-12(4)17-14(16)15(5,6)11-10-13(8-2)9-3/h8,12-13H,2,7,9-11H2,1,3-6H3. The van der Waals surface area contributed by atoms with Crippen molar-refractivity contribution in [3.63, 3.8) is 0 Å². The van der Waals surface area contributed by atoms with Gasteiger partial charge in [0.25, 0.3) is 0 Å². The molecule has 0 aliphatic carbocycles. The molecular formula is C15H28O2. The zero-order valence-electron chi connectivity index (χ0n) is 12.1. The van der Waals surface area contributed by atoms with Gasteiger partial charge in [-0.15, -0.1) is 6.58 Å². The largest absolute Gasteiger partial charge is 0.462 e. The van der Waals surface area contributed by atoms with Crippen LogP contribution in [0.15, 0.2) is 12.7 Å². The van der Waals surface area contributed by atoms with Crippen LogP contribution in [0, 0.1) is 11.3 Å². The van der Waals surface area contributed by atoms with E-state index in [4.69, 9.17) is 4.74 Å². The molecule has 0 spiro atoms. The molecule has 0 radical (unpaired) electrons. The highest BCUT2D eigenvalue weighted by atomic mass is 16.5. The molecule has 0 aromatic rings. The highest BCUT2D eigenvalue weighted by molar-refractivity contribution is 5.76. The van der Waals surface area contributed by atoms with Gasteiger partial charge in [-0.2, -0.15) is 0 Å². The van der Waals surface area contributed by atoms with E-state index < -0.39 is 0 Å². The second kappa shape index (κ2) is 7.52. The lowest BCUT2D eigenvalue weighted by Crippen LogP contribution is -2.30. The summed E-state index contributed by atoms with van der Waals surface area (Å²) in [5.74, 6) is 0.427. The second-order valence-corrected chi connectivity index (χ2v) is 5.45. The number of esters is 1. The van der Waals surface area contributed by atoms with Crippen molar-refractivity contribution in [2.45, 2.75) is 66.4 Å². The highest BCUT2D eigenvalue weighted by Gasteiger charge is 2.30. The summed E-state index contributed by atoms with van der Waals surface area (Å²) in [5, 5.41) is 0. The molecule has 0 saturated heterocycles. The first kappa shape index (κ1) is 16.2. The molecule has 0 aliphatic heterocycles. The van der Waals surface area contributed by atoms with E-state index in [1.807, 2.05) is 33.8 Å². The molecule has 0 saturated carbocycles. The van der Waals surface area contributed by atoms with Crippen LogP contribution in [-0.4, -0.2) is 12.1 Å². The van der Waals surface area contributed by atoms with Crippen LogP contribution in [0.4, 0.5) is 0 Å². The molecule has 0 bridgehead atoms. The van der Waals surface area contributed by atoms with Crippen molar-refractivity contribution in [2.75, 3.05) is 0 Å². The second-order valence-electron chi connectivity index (χ2n) is 5.45. The number of hydrogen-bond donors (Lipinski definition) is 0. The van der Waals surface area contributed by atoms with Gasteiger partial charge in [0.05, 0.1) is 11.5 Å². The van der Waals surface area contributed by atoms with Gasteiger partial charge in [0.15, 0.2) is 0 Å². The van der Waals surface area contributed by atoms with Gasteiger partial charge in [0.2, 0.25) is 0 Å². The number of rotatable bonds is 8. The van der Waals surface area contributed by atoms with Crippen LogP contribution in [0.3, 0.4) is 0 Å². The van der Waals surface area contributed by atoms with Crippen LogP contribution < -0.4 is 0 Å². The summed E-state index contributed by atoms with van der Waals surface area (Å²) in [6, 6.07) is 0. The average molecular weight is 240 g/mol. The molecule has 0 heterocycles. The van der Waals surface area contributed by atoms with Crippen molar-refractivity contribution in [2.24, 2.45) is 11.3 Å². The van der Waals surface area contributed by atoms with E-state index in [0.717, 1.165) is 25.7 Å². The molecule has 0 rings (SSSR count). The Morgan fingerprint density at radius 1 is 1.35 bits per heavy atom. The minimum absolute atomic E-state index is 0.0168. The molecular weight excluding hydrogens is 212 g/mol. The number of ether oxygens (including phenoxy) is 1. The Balaban J connectivity index is 4.26. The van der Waals surface area contributed by atoms with E-state index in [1.165, 1.54) is 0 Å². The summed E-state index contributed by atoms with van der Waals surface area (Å²) in [5.41, 5.74) is -0.389. The van der Waals surface area contributed by atoms with Crippen LogP contribution in [0.1, 0.15) is 60.3 Å². The number of hydrogen-bond acceptors (Lipinski definition) is 2. The predicted octanol–water partition coefficient (Wildman–Crippen LogP) is 4.35. The van der Waals surface area contributed by atoms with Gasteiger partial charge in [-0.1, -0.05) is 19.9 Å². The van der Waals surface area contributed by atoms with Gasteiger partial charge in [-0.05, 0) is 52.4 Å². The van der Waals surface area contributed by atoms with Crippen LogP contribution in [0.2, 0.25) is 0 Å². The quantitative estimate of drug-likeness (QED) is 0.466.